The topological polar surface area (TPSA) is 29.1 Å². The molecule has 76 valence electrons. The zero-order valence-electron chi connectivity index (χ0n) is 9.00. The quantitative estimate of drug-likeness (QED) is 0.727. The maximum absolute atomic E-state index is 10.2. The van der Waals surface area contributed by atoms with Crippen molar-refractivity contribution in [2.45, 2.75) is 33.2 Å². The molecule has 0 aliphatic rings. The van der Waals surface area contributed by atoms with Gasteiger partial charge < -0.3 is 5.32 Å². The van der Waals surface area contributed by atoms with Crippen molar-refractivity contribution in [1.29, 1.82) is 0 Å². The molecule has 2 nitrogen and oxygen atoms in total. The summed E-state index contributed by atoms with van der Waals surface area (Å²) in [5.74, 6) is 0.533. The molecule has 2 heteroatoms. The van der Waals surface area contributed by atoms with E-state index in [1.165, 1.54) is 16.7 Å². The number of hydrogen-bond acceptors (Lipinski definition) is 1. The summed E-state index contributed by atoms with van der Waals surface area (Å²) in [5.41, 5.74) is 3.74. The first-order valence-corrected chi connectivity index (χ1v) is 4.91. The van der Waals surface area contributed by atoms with E-state index in [4.69, 9.17) is 0 Å². The molecule has 1 aromatic carbocycles. The number of benzene rings is 1. The van der Waals surface area contributed by atoms with Gasteiger partial charge in [0.1, 0.15) is 0 Å². The van der Waals surface area contributed by atoms with Crippen LogP contribution in [-0.4, -0.2) is 6.41 Å². The zero-order valence-corrected chi connectivity index (χ0v) is 9.00. The number of rotatable bonds is 4. The fourth-order valence-corrected chi connectivity index (χ4v) is 1.39. The normalized spacial score (nSPS) is 10.3. The van der Waals surface area contributed by atoms with E-state index < -0.39 is 0 Å². The van der Waals surface area contributed by atoms with Crippen LogP contribution in [0.25, 0.3) is 0 Å². The van der Waals surface area contributed by atoms with Crippen LogP contribution >= 0.6 is 0 Å². The highest BCUT2D eigenvalue weighted by atomic mass is 16.1. The van der Waals surface area contributed by atoms with Crippen molar-refractivity contribution in [3.8, 4) is 0 Å². The Hall–Kier alpha value is -1.31. The second kappa shape index (κ2) is 4.80. The maximum atomic E-state index is 10.2. The number of nitrogens with one attached hydrogen (secondary N) is 1. The summed E-state index contributed by atoms with van der Waals surface area (Å²) in [6.07, 6.45) is 0.738. The Bertz CT molecular complexity index is 318. The van der Waals surface area contributed by atoms with E-state index in [-0.39, 0.29) is 0 Å². The minimum atomic E-state index is 0.533. The lowest BCUT2D eigenvalue weighted by atomic mass is 9.98. The van der Waals surface area contributed by atoms with Crippen LogP contribution in [0.5, 0.6) is 0 Å². The molecule has 1 rings (SSSR count). The van der Waals surface area contributed by atoms with Crippen molar-refractivity contribution in [3.63, 3.8) is 0 Å². The van der Waals surface area contributed by atoms with Gasteiger partial charge >= 0.3 is 0 Å². The zero-order chi connectivity index (χ0) is 10.6. The SMILES string of the molecule is Cc1ccc(C(C)C)cc1CNC=O. The Kier molecular flexibility index (Phi) is 3.69. The number of carbonyl (C=O) groups excluding carboxylic acids is 1. The Morgan fingerprint density at radius 3 is 2.71 bits per heavy atom. The lowest BCUT2D eigenvalue weighted by Crippen LogP contribution is -2.11. The molecule has 0 aliphatic heterocycles. The molecule has 0 bridgehead atoms. The average molecular weight is 191 g/mol. The molecule has 14 heavy (non-hydrogen) atoms. The van der Waals surface area contributed by atoms with Gasteiger partial charge in [0.25, 0.3) is 0 Å². The average Bonchev–Trinajstić information content (AvgIpc) is 2.16. The molecular weight excluding hydrogens is 174 g/mol. The molecule has 1 N–H and O–H groups in total. The molecule has 0 atom stereocenters. The molecular formula is C12H17NO. The van der Waals surface area contributed by atoms with E-state index in [1.807, 2.05) is 0 Å². The van der Waals surface area contributed by atoms with Gasteiger partial charge in [0.05, 0.1) is 0 Å². The summed E-state index contributed by atoms with van der Waals surface area (Å²) in [6.45, 7) is 7.02. The van der Waals surface area contributed by atoms with E-state index >= 15 is 0 Å². The van der Waals surface area contributed by atoms with Crippen molar-refractivity contribution >= 4 is 6.41 Å². The highest BCUT2D eigenvalue weighted by Crippen LogP contribution is 2.18. The third-order valence-electron chi connectivity index (χ3n) is 2.42. The molecule has 0 aliphatic carbocycles. The Balaban J connectivity index is 2.90. The number of aryl methyl sites for hydroxylation is 1. The van der Waals surface area contributed by atoms with E-state index in [9.17, 15) is 4.79 Å². The van der Waals surface area contributed by atoms with Crippen LogP contribution in [0.15, 0.2) is 18.2 Å². The van der Waals surface area contributed by atoms with Crippen molar-refractivity contribution in [2.24, 2.45) is 0 Å². The predicted octanol–water partition coefficient (Wildman–Crippen LogP) is 2.36. The first-order chi connectivity index (χ1) is 6.65. The summed E-state index contributed by atoms with van der Waals surface area (Å²) in [5, 5.41) is 2.69. The van der Waals surface area contributed by atoms with Gasteiger partial charge in [-0.05, 0) is 29.5 Å². The van der Waals surface area contributed by atoms with Gasteiger partial charge in [-0.3, -0.25) is 4.79 Å². The number of carbonyl (C=O) groups is 1. The fourth-order valence-electron chi connectivity index (χ4n) is 1.39. The molecule has 1 amide bonds. The first-order valence-electron chi connectivity index (χ1n) is 4.91. The molecule has 1 aromatic rings. The maximum Gasteiger partial charge on any atom is 0.207 e. The minimum Gasteiger partial charge on any atom is -0.355 e. The standard InChI is InChI=1S/C12H17NO/c1-9(2)11-5-4-10(3)12(6-11)7-13-8-14/h4-6,8-9H,7H2,1-3H3,(H,13,14). The Morgan fingerprint density at radius 1 is 1.43 bits per heavy atom. The third-order valence-corrected chi connectivity index (χ3v) is 2.42. The Morgan fingerprint density at radius 2 is 2.14 bits per heavy atom. The van der Waals surface area contributed by atoms with Gasteiger partial charge in [-0.1, -0.05) is 32.0 Å². The summed E-state index contributed by atoms with van der Waals surface area (Å²) < 4.78 is 0. The van der Waals surface area contributed by atoms with Crippen LogP contribution in [0.1, 0.15) is 36.5 Å². The predicted molar refractivity (Wildman–Crippen MR) is 58.2 cm³/mol. The van der Waals surface area contributed by atoms with Crippen LogP contribution in [0.4, 0.5) is 0 Å². The lowest BCUT2D eigenvalue weighted by Gasteiger charge is -2.10. The van der Waals surface area contributed by atoms with Crippen molar-refractivity contribution in [1.82, 2.24) is 5.32 Å². The van der Waals surface area contributed by atoms with Gasteiger partial charge in [-0.25, -0.2) is 0 Å². The van der Waals surface area contributed by atoms with Crippen LogP contribution in [0.2, 0.25) is 0 Å². The molecule has 0 heterocycles. The molecule has 0 aromatic heterocycles. The third kappa shape index (κ3) is 2.59. The largest absolute Gasteiger partial charge is 0.355 e. The number of hydrogen-bond donors (Lipinski definition) is 1. The molecule has 0 spiro atoms. The minimum absolute atomic E-state index is 0.533. The molecule has 0 unspecified atom stereocenters. The number of amides is 1. The van der Waals surface area contributed by atoms with Gasteiger partial charge in [0.15, 0.2) is 0 Å². The molecule has 0 saturated heterocycles. The monoisotopic (exact) mass is 191 g/mol. The van der Waals surface area contributed by atoms with Crippen molar-refractivity contribution in [3.05, 3.63) is 34.9 Å². The smallest absolute Gasteiger partial charge is 0.207 e. The summed E-state index contributed by atoms with van der Waals surface area (Å²) in [6, 6.07) is 6.41. The van der Waals surface area contributed by atoms with Gasteiger partial charge in [-0.2, -0.15) is 0 Å². The molecule has 0 radical (unpaired) electrons. The second-order valence-corrected chi connectivity index (χ2v) is 3.84. The van der Waals surface area contributed by atoms with Crippen LogP contribution in [0.3, 0.4) is 0 Å². The lowest BCUT2D eigenvalue weighted by molar-refractivity contribution is -0.109. The van der Waals surface area contributed by atoms with Crippen LogP contribution in [-0.2, 0) is 11.3 Å². The van der Waals surface area contributed by atoms with Crippen molar-refractivity contribution in [2.75, 3.05) is 0 Å². The summed E-state index contributed by atoms with van der Waals surface area (Å²) in [7, 11) is 0. The van der Waals surface area contributed by atoms with Crippen LogP contribution < -0.4 is 5.32 Å². The summed E-state index contributed by atoms with van der Waals surface area (Å²) >= 11 is 0. The van der Waals surface area contributed by atoms with E-state index in [2.05, 4.69) is 44.3 Å². The van der Waals surface area contributed by atoms with Crippen molar-refractivity contribution < 1.29 is 4.79 Å². The first kappa shape index (κ1) is 10.8. The second-order valence-electron chi connectivity index (χ2n) is 3.84. The highest BCUT2D eigenvalue weighted by molar-refractivity contribution is 5.47. The van der Waals surface area contributed by atoms with Gasteiger partial charge in [0.2, 0.25) is 6.41 Å². The molecule has 0 saturated carbocycles. The highest BCUT2D eigenvalue weighted by Gasteiger charge is 2.02. The van der Waals surface area contributed by atoms with Gasteiger partial charge in [-0.15, -0.1) is 0 Å². The Labute approximate surface area is 85.3 Å². The van der Waals surface area contributed by atoms with E-state index in [1.54, 1.807) is 0 Å². The summed E-state index contributed by atoms with van der Waals surface area (Å²) in [4.78, 5) is 10.2. The van der Waals surface area contributed by atoms with E-state index in [0.29, 0.717) is 12.5 Å². The van der Waals surface area contributed by atoms with Crippen LogP contribution in [0, 0.1) is 6.92 Å². The fraction of sp³-hybridized carbons (Fsp3) is 0.417. The van der Waals surface area contributed by atoms with E-state index in [0.717, 1.165) is 6.41 Å². The van der Waals surface area contributed by atoms with Gasteiger partial charge in [0, 0.05) is 6.54 Å². The molecule has 0 fully saturated rings.